The van der Waals surface area contributed by atoms with Crippen LogP contribution < -0.4 is 10.6 Å². The van der Waals surface area contributed by atoms with Gasteiger partial charge in [0.1, 0.15) is 0 Å². The fourth-order valence-electron chi connectivity index (χ4n) is 2.05. The maximum Gasteiger partial charge on any atom is 0.416 e. The molecule has 0 aromatic heterocycles. The second kappa shape index (κ2) is 5.89. The summed E-state index contributed by atoms with van der Waals surface area (Å²) in [5.74, 6) is -0.239. The van der Waals surface area contributed by atoms with Gasteiger partial charge >= 0.3 is 6.18 Å². The molecule has 21 heavy (non-hydrogen) atoms. The van der Waals surface area contributed by atoms with E-state index in [9.17, 15) is 18.0 Å². The van der Waals surface area contributed by atoms with E-state index in [1.54, 1.807) is 19.9 Å². The van der Waals surface area contributed by atoms with E-state index in [4.69, 9.17) is 0 Å². The maximum absolute atomic E-state index is 12.7. The molecule has 1 aromatic rings. The monoisotopic (exact) mass is 298 g/mol. The highest BCUT2D eigenvalue weighted by Gasteiger charge is 2.30. The number of hydrogen-bond donors (Lipinski definition) is 2. The standard InChI is InChI=1S/C15H17F3N2O/c1-9(12-7-19-8-12)14(21)20-10(2)11-4-3-5-13(6-11)15(16,17)18/h3-6,10,19H,7-8H2,1-2H3,(H,20,21). The molecule has 1 aliphatic heterocycles. The van der Waals surface area contributed by atoms with Crippen LogP contribution in [0.25, 0.3) is 0 Å². The topological polar surface area (TPSA) is 41.1 Å². The molecule has 2 N–H and O–H groups in total. The normalized spacial score (nSPS) is 16.1. The van der Waals surface area contributed by atoms with E-state index < -0.39 is 17.8 Å². The van der Waals surface area contributed by atoms with Gasteiger partial charge in [-0.15, -0.1) is 0 Å². The Morgan fingerprint density at radius 3 is 2.52 bits per heavy atom. The third-order valence-electron chi connectivity index (χ3n) is 3.61. The SMILES string of the molecule is CC(C(=O)NC(C)c1cccc(C(F)(F)F)c1)=C1CNC1. The zero-order valence-electron chi connectivity index (χ0n) is 11.8. The fraction of sp³-hybridized carbons (Fsp3) is 0.400. The number of carbonyl (C=O) groups is 1. The van der Waals surface area contributed by atoms with Crippen LogP contribution in [0.3, 0.4) is 0 Å². The molecule has 1 saturated heterocycles. The summed E-state index contributed by atoms with van der Waals surface area (Å²) in [5, 5.41) is 5.77. The molecule has 1 unspecified atom stereocenters. The number of hydrogen-bond acceptors (Lipinski definition) is 2. The summed E-state index contributed by atoms with van der Waals surface area (Å²) in [6, 6.07) is 4.53. The average Bonchev–Trinajstić information content (AvgIpc) is 2.35. The average molecular weight is 298 g/mol. The molecule has 0 radical (unpaired) electrons. The van der Waals surface area contributed by atoms with E-state index in [0.29, 0.717) is 24.2 Å². The van der Waals surface area contributed by atoms with Crippen LogP contribution in [-0.2, 0) is 11.0 Å². The lowest BCUT2D eigenvalue weighted by Gasteiger charge is -2.23. The minimum Gasteiger partial charge on any atom is -0.346 e. The minimum atomic E-state index is -4.38. The highest BCUT2D eigenvalue weighted by molar-refractivity contribution is 5.94. The number of rotatable bonds is 3. The first-order valence-electron chi connectivity index (χ1n) is 6.66. The summed E-state index contributed by atoms with van der Waals surface area (Å²) < 4.78 is 38.0. The zero-order valence-corrected chi connectivity index (χ0v) is 11.8. The molecule has 1 heterocycles. The minimum absolute atomic E-state index is 0.239. The first kappa shape index (κ1) is 15.6. The van der Waals surface area contributed by atoms with Crippen molar-refractivity contribution in [3.05, 3.63) is 46.5 Å². The number of alkyl halides is 3. The molecule has 0 spiro atoms. The van der Waals surface area contributed by atoms with Crippen LogP contribution in [0, 0.1) is 0 Å². The summed E-state index contributed by atoms with van der Waals surface area (Å²) in [6.45, 7) is 4.78. The van der Waals surface area contributed by atoms with E-state index in [1.807, 2.05) is 0 Å². The quantitative estimate of drug-likeness (QED) is 0.843. The molecule has 0 saturated carbocycles. The lowest BCUT2D eigenvalue weighted by atomic mass is 10.0. The highest BCUT2D eigenvalue weighted by atomic mass is 19.4. The Balaban J connectivity index is 2.10. The zero-order chi connectivity index (χ0) is 15.6. The largest absolute Gasteiger partial charge is 0.416 e. The van der Waals surface area contributed by atoms with E-state index >= 15 is 0 Å². The molecule has 1 aliphatic rings. The Bertz CT molecular complexity index is 573. The van der Waals surface area contributed by atoms with Crippen LogP contribution in [0.15, 0.2) is 35.4 Å². The van der Waals surface area contributed by atoms with Crippen molar-refractivity contribution in [3.8, 4) is 0 Å². The smallest absolute Gasteiger partial charge is 0.346 e. The van der Waals surface area contributed by atoms with Crippen LogP contribution in [0.5, 0.6) is 0 Å². The van der Waals surface area contributed by atoms with Crippen LogP contribution in [-0.4, -0.2) is 19.0 Å². The van der Waals surface area contributed by atoms with Gasteiger partial charge in [-0.3, -0.25) is 4.79 Å². The predicted molar refractivity (Wildman–Crippen MR) is 73.6 cm³/mol. The second-order valence-corrected chi connectivity index (χ2v) is 5.15. The van der Waals surface area contributed by atoms with Gasteiger partial charge in [0.15, 0.2) is 0 Å². The molecule has 114 valence electrons. The van der Waals surface area contributed by atoms with Gasteiger partial charge in [0, 0.05) is 18.7 Å². The second-order valence-electron chi connectivity index (χ2n) is 5.15. The van der Waals surface area contributed by atoms with Crippen LogP contribution in [0.1, 0.15) is 31.0 Å². The molecule has 2 rings (SSSR count). The number of nitrogens with one attached hydrogen (secondary N) is 2. The Morgan fingerprint density at radius 2 is 2.00 bits per heavy atom. The molecule has 6 heteroatoms. The van der Waals surface area contributed by atoms with Gasteiger partial charge in [-0.25, -0.2) is 0 Å². The van der Waals surface area contributed by atoms with Crippen molar-refractivity contribution in [1.82, 2.24) is 10.6 Å². The molecule has 3 nitrogen and oxygen atoms in total. The summed E-state index contributed by atoms with van der Waals surface area (Å²) in [4.78, 5) is 12.0. The van der Waals surface area contributed by atoms with Crippen LogP contribution in [0.2, 0.25) is 0 Å². The Hall–Kier alpha value is -1.82. The molecule has 1 amide bonds. The van der Waals surface area contributed by atoms with E-state index in [0.717, 1.165) is 17.7 Å². The molecule has 1 fully saturated rings. The van der Waals surface area contributed by atoms with Gasteiger partial charge in [0.25, 0.3) is 0 Å². The van der Waals surface area contributed by atoms with E-state index in [2.05, 4.69) is 10.6 Å². The van der Waals surface area contributed by atoms with Crippen molar-refractivity contribution in [2.24, 2.45) is 0 Å². The van der Waals surface area contributed by atoms with E-state index in [1.165, 1.54) is 6.07 Å². The number of carbonyl (C=O) groups excluding carboxylic acids is 1. The van der Waals surface area contributed by atoms with Crippen molar-refractivity contribution in [2.75, 3.05) is 13.1 Å². The summed E-state index contributed by atoms with van der Waals surface area (Å²) >= 11 is 0. The third-order valence-corrected chi connectivity index (χ3v) is 3.61. The third kappa shape index (κ3) is 3.64. The van der Waals surface area contributed by atoms with Gasteiger partial charge in [-0.1, -0.05) is 12.1 Å². The van der Waals surface area contributed by atoms with Gasteiger partial charge < -0.3 is 10.6 Å². The Morgan fingerprint density at radius 1 is 1.33 bits per heavy atom. The Labute approximate surface area is 121 Å². The van der Waals surface area contributed by atoms with Crippen molar-refractivity contribution < 1.29 is 18.0 Å². The fourth-order valence-corrected chi connectivity index (χ4v) is 2.05. The van der Waals surface area contributed by atoms with Crippen molar-refractivity contribution in [3.63, 3.8) is 0 Å². The summed E-state index contributed by atoms with van der Waals surface area (Å²) in [5.41, 5.74) is 1.39. The molecule has 0 bridgehead atoms. The molecule has 1 atom stereocenters. The van der Waals surface area contributed by atoms with Crippen LogP contribution in [0.4, 0.5) is 13.2 Å². The maximum atomic E-state index is 12.7. The lowest BCUT2D eigenvalue weighted by Crippen LogP contribution is -2.38. The first-order chi connectivity index (χ1) is 9.79. The molecule has 0 aliphatic carbocycles. The highest BCUT2D eigenvalue weighted by Crippen LogP contribution is 2.30. The predicted octanol–water partition coefficient (Wildman–Crippen LogP) is 2.80. The van der Waals surface area contributed by atoms with Crippen molar-refractivity contribution >= 4 is 5.91 Å². The van der Waals surface area contributed by atoms with Crippen molar-refractivity contribution in [1.29, 1.82) is 0 Å². The first-order valence-corrected chi connectivity index (χ1v) is 6.66. The van der Waals surface area contributed by atoms with Gasteiger partial charge in [-0.05, 0) is 37.1 Å². The summed E-state index contributed by atoms with van der Waals surface area (Å²) in [7, 11) is 0. The Kier molecular flexibility index (Phi) is 4.37. The van der Waals surface area contributed by atoms with Gasteiger partial charge in [0.05, 0.1) is 11.6 Å². The van der Waals surface area contributed by atoms with Gasteiger partial charge in [-0.2, -0.15) is 13.2 Å². The molecular weight excluding hydrogens is 281 g/mol. The summed E-state index contributed by atoms with van der Waals surface area (Å²) in [6.07, 6.45) is -4.38. The van der Waals surface area contributed by atoms with Crippen molar-refractivity contribution in [2.45, 2.75) is 26.1 Å². The molecular formula is C15H17F3N2O. The molecule has 1 aromatic carbocycles. The number of amides is 1. The lowest BCUT2D eigenvalue weighted by molar-refractivity contribution is -0.137. The van der Waals surface area contributed by atoms with E-state index in [-0.39, 0.29) is 5.91 Å². The number of benzene rings is 1. The van der Waals surface area contributed by atoms with Gasteiger partial charge in [0.2, 0.25) is 5.91 Å². The number of halogens is 3. The van der Waals surface area contributed by atoms with Crippen LogP contribution >= 0.6 is 0 Å².